The van der Waals surface area contributed by atoms with Gasteiger partial charge in [-0.25, -0.2) is 4.79 Å². The van der Waals surface area contributed by atoms with Gasteiger partial charge in [0.05, 0.1) is 0 Å². The van der Waals surface area contributed by atoms with Crippen LogP contribution in [0.2, 0.25) is 0 Å². The second kappa shape index (κ2) is 18.9. The van der Waals surface area contributed by atoms with Gasteiger partial charge in [0.15, 0.2) is 6.23 Å². The van der Waals surface area contributed by atoms with Crippen molar-refractivity contribution in [1.82, 2.24) is 4.90 Å². The van der Waals surface area contributed by atoms with E-state index in [2.05, 4.69) is 32.3 Å². The highest BCUT2D eigenvalue weighted by Crippen LogP contribution is 2.15. The smallest absolute Gasteiger partial charge is 0.331 e. The normalized spacial score (nSPS) is 12.3. The number of ether oxygens (including phenoxy) is 1. The summed E-state index contributed by atoms with van der Waals surface area (Å²) in [6.45, 7) is 12.3. The molecule has 0 fully saturated rings. The second-order valence-electron chi connectivity index (χ2n) is 7.46. The highest BCUT2D eigenvalue weighted by molar-refractivity contribution is 5.81. The molecule has 1 atom stereocenters. The number of esters is 1. The molecular formula is C23H45NO2. The predicted octanol–water partition coefficient (Wildman–Crippen LogP) is 6.86. The maximum Gasteiger partial charge on any atom is 0.331 e. The molecule has 0 saturated carbocycles. The van der Waals surface area contributed by atoms with Gasteiger partial charge in [0.25, 0.3) is 0 Å². The summed E-state index contributed by atoms with van der Waals surface area (Å²) < 4.78 is 5.66. The molecule has 26 heavy (non-hydrogen) atoms. The molecule has 0 radical (unpaired) electrons. The van der Waals surface area contributed by atoms with Crippen molar-refractivity contribution >= 4 is 5.97 Å². The van der Waals surface area contributed by atoms with Crippen LogP contribution < -0.4 is 0 Å². The maximum atomic E-state index is 11.7. The van der Waals surface area contributed by atoms with Crippen LogP contribution in [0.5, 0.6) is 0 Å². The molecule has 0 N–H and O–H groups in total. The van der Waals surface area contributed by atoms with E-state index in [9.17, 15) is 4.79 Å². The third-order valence-electron chi connectivity index (χ3n) is 4.96. The fourth-order valence-electron chi connectivity index (χ4n) is 3.34. The molecule has 0 amide bonds. The van der Waals surface area contributed by atoms with Crippen LogP contribution in [0.3, 0.4) is 0 Å². The molecule has 3 nitrogen and oxygen atoms in total. The first kappa shape index (κ1) is 25.2. The molecule has 0 bridgehead atoms. The average Bonchev–Trinajstić information content (AvgIpc) is 2.65. The number of nitrogens with zero attached hydrogens (tertiary/aromatic N) is 1. The molecule has 0 aliphatic rings. The lowest BCUT2D eigenvalue weighted by molar-refractivity contribution is -0.154. The Hall–Kier alpha value is -0.830. The zero-order valence-electron chi connectivity index (χ0n) is 17.9. The van der Waals surface area contributed by atoms with Crippen molar-refractivity contribution in [1.29, 1.82) is 0 Å². The van der Waals surface area contributed by atoms with E-state index in [-0.39, 0.29) is 12.2 Å². The zero-order chi connectivity index (χ0) is 19.5. The van der Waals surface area contributed by atoms with Crippen molar-refractivity contribution in [3.05, 3.63) is 12.7 Å². The summed E-state index contributed by atoms with van der Waals surface area (Å²) in [6.07, 6.45) is 18.7. The van der Waals surface area contributed by atoms with Crippen LogP contribution in [-0.4, -0.2) is 30.2 Å². The van der Waals surface area contributed by atoms with E-state index in [1.807, 2.05) is 0 Å². The molecule has 0 spiro atoms. The van der Waals surface area contributed by atoms with Crippen molar-refractivity contribution in [3.63, 3.8) is 0 Å². The van der Waals surface area contributed by atoms with Gasteiger partial charge in [0.2, 0.25) is 0 Å². The van der Waals surface area contributed by atoms with Gasteiger partial charge < -0.3 is 4.74 Å². The second-order valence-corrected chi connectivity index (χ2v) is 7.46. The fourth-order valence-corrected chi connectivity index (χ4v) is 3.34. The fraction of sp³-hybridized carbons (Fsp3) is 0.870. The Balaban J connectivity index is 4.41. The van der Waals surface area contributed by atoms with Gasteiger partial charge in [-0.1, -0.05) is 98.0 Å². The lowest BCUT2D eigenvalue weighted by atomic mass is 10.1. The number of carbonyl (C=O) groups is 1. The minimum absolute atomic E-state index is 0.0863. The standard InChI is InChI=1S/C23H45NO2/c1-5-9-11-13-15-17-20-24(21-18-16-14-12-10-6-2)22(19-7-3)26-23(25)8-4/h8,22H,4-7,9-21H2,1-3H3. The van der Waals surface area contributed by atoms with Crippen LogP contribution >= 0.6 is 0 Å². The van der Waals surface area contributed by atoms with E-state index in [0.29, 0.717) is 0 Å². The van der Waals surface area contributed by atoms with Gasteiger partial charge >= 0.3 is 5.97 Å². The lowest BCUT2D eigenvalue weighted by Crippen LogP contribution is -2.40. The van der Waals surface area contributed by atoms with Gasteiger partial charge in [0.1, 0.15) is 0 Å². The Kier molecular flexibility index (Phi) is 18.3. The first-order valence-electron chi connectivity index (χ1n) is 11.3. The topological polar surface area (TPSA) is 29.5 Å². The average molecular weight is 368 g/mol. The summed E-state index contributed by atoms with van der Waals surface area (Å²) in [5.41, 5.74) is 0. The monoisotopic (exact) mass is 367 g/mol. The van der Waals surface area contributed by atoms with Crippen LogP contribution in [0.1, 0.15) is 111 Å². The SMILES string of the molecule is C=CC(=O)OC(CCC)N(CCCCCCCC)CCCCCCCC. The molecule has 0 aromatic carbocycles. The van der Waals surface area contributed by atoms with Gasteiger partial charge in [-0.05, 0) is 19.3 Å². The van der Waals surface area contributed by atoms with Crippen molar-refractivity contribution in [2.45, 2.75) is 117 Å². The van der Waals surface area contributed by atoms with E-state index in [1.165, 1.54) is 83.1 Å². The number of hydrogen-bond acceptors (Lipinski definition) is 3. The summed E-state index contributed by atoms with van der Waals surface area (Å²) >= 11 is 0. The van der Waals surface area contributed by atoms with Gasteiger partial charge in [0, 0.05) is 19.2 Å². The predicted molar refractivity (Wildman–Crippen MR) is 113 cm³/mol. The number of carbonyl (C=O) groups excluding carboxylic acids is 1. The van der Waals surface area contributed by atoms with Crippen molar-refractivity contribution < 1.29 is 9.53 Å². The Labute approximate surface area is 163 Å². The molecule has 0 rings (SSSR count). The van der Waals surface area contributed by atoms with Crippen LogP contribution in [0, 0.1) is 0 Å². The first-order chi connectivity index (χ1) is 12.7. The molecule has 3 heteroatoms. The van der Waals surface area contributed by atoms with E-state index in [4.69, 9.17) is 4.74 Å². The summed E-state index contributed by atoms with van der Waals surface area (Å²) in [4.78, 5) is 14.1. The Morgan fingerprint density at radius 2 is 1.27 bits per heavy atom. The summed E-state index contributed by atoms with van der Waals surface area (Å²) in [7, 11) is 0. The Bertz CT molecular complexity index is 314. The quantitative estimate of drug-likeness (QED) is 0.108. The molecule has 0 aromatic rings. The van der Waals surface area contributed by atoms with Crippen LogP contribution in [0.15, 0.2) is 12.7 Å². The number of unbranched alkanes of at least 4 members (excludes halogenated alkanes) is 10. The lowest BCUT2D eigenvalue weighted by Gasteiger charge is -2.31. The minimum Gasteiger partial charge on any atom is -0.443 e. The largest absolute Gasteiger partial charge is 0.443 e. The third-order valence-corrected chi connectivity index (χ3v) is 4.96. The van der Waals surface area contributed by atoms with Crippen LogP contribution in [0.4, 0.5) is 0 Å². The molecule has 1 unspecified atom stereocenters. The minimum atomic E-state index is -0.292. The molecule has 0 aliphatic carbocycles. The van der Waals surface area contributed by atoms with Crippen LogP contribution in [0.25, 0.3) is 0 Å². The van der Waals surface area contributed by atoms with E-state index < -0.39 is 0 Å². The first-order valence-corrected chi connectivity index (χ1v) is 11.3. The summed E-state index contributed by atoms with van der Waals surface area (Å²) in [5.74, 6) is -0.292. The maximum absolute atomic E-state index is 11.7. The van der Waals surface area contributed by atoms with Crippen molar-refractivity contribution in [2.24, 2.45) is 0 Å². The van der Waals surface area contributed by atoms with Gasteiger partial charge in [-0.3, -0.25) is 4.90 Å². The molecule has 0 aromatic heterocycles. The summed E-state index contributed by atoms with van der Waals surface area (Å²) in [6, 6.07) is 0. The zero-order valence-corrected chi connectivity index (χ0v) is 17.9. The Morgan fingerprint density at radius 1 is 0.808 bits per heavy atom. The van der Waals surface area contributed by atoms with Gasteiger partial charge in [-0.2, -0.15) is 0 Å². The molecule has 0 aliphatic heterocycles. The third kappa shape index (κ3) is 14.4. The van der Waals surface area contributed by atoms with E-state index in [0.717, 1.165) is 25.9 Å². The molecule has 0 heterocycles. The van der Waals surface area contributed by atoms with E-state index in [1.54, 1.807) is 0 Å². The molecule has 154 valence electrons. The molecule has 0 saturated heterocycles. The molecular weight excluding hydrogens is 322 g/mol. The summed E-state index contributed by atoms with van der Waals surface area (Å²) in [5, 5.41) is 0. The number of rotatable bonds is 19. The van der Waals surface area contributed by atoms with Crippen molar-refractivity contribution in [3.8, 4) is 0 Å². The highest BCUT2D eigenvalue weighted by atomic mass is 16.6. The van der Waals surface area contributed by atoms with Crippen LogP contribution in [-0.2, 0) is 9.53 Å². The number of hydrogen-bond donors (Lipinski definition) is 0. The van der Waals surface area contributed by atoms with Gasteiger partial charge in [-0.15, -0.1) is 0 Å². The highest BCUT2D eigenvalue weighted by Gasteiger charge is 2.20. The Morgan fingerprint density at radius 3 is 1.69 bits per heavy atom. The van der Waals surface area contributed by atoms with E-state index >= 15 is 0 Å². The van der Waals surface area contributed by atoms with Crippen molar-refractivity contribution in [2.75, 3.05) is 13.1 Å².